The van der Waals surface area contributed by atoms with Gasteiger partial charge in [-0.2, -0.15) is 0 Å². The number of urea groups is 1. The van der Waals surface area contributed by atoms with Crippen LogP contribution in [0.15, 0.2) is 76.9 Å². The fraction of sp³-hybridized carbons (Fsp3) is 0.0435. The lowest BCUT2D eigenvalue weighted by molar-refractivity contribution is -0.113. The van der Waals surface area contributed by atoms with Crippen molar-refractivity contribution in [2.75, 3.05) is 4.90 Å². The van der Waals surface area contributed by atoms with Gasteiger partial charge in [-0.3, -0.25) is 4.79 Å². The van der Waals surface area contributed by atoms with E-state index in [4.69, 9.17) is 27.9 Å². The SMILES string of the molecule is O=C1N/C(=C/c2cc(Br)ccc2OCc2ccc(Cl)cc2)C(=O)N1c1cccc(Cl)c1. The van der Waals surface area contributed by atoms with Crippen molar-refractivity contribution in [3.05, 3.63) is 98.1 Å². The van der Waals surface area contributed by atoms with E-state index in [1.807, 2.05) is 24.3 Å². The summed E-state index contributed by atoms with van der Waals surface area (Å²) in [5.41, 5.74) is 2.12. The molecular weight excluding hydrogens is 503 g/mol. The van der Waals surface area contributed by atoms with E-state index in [1.165, 1.54) is 0 Å². The van der Waals surface area contributed by atoms with Crippen LogP contribution in [0, 0.1) is 0 Å². The van der Waals surface area contributed by atoms with Gasteiger partial charge in [-0.1, -0.05) is 57.3 Å². The van der Waals surface area contributed by atoms with Crippen LogP contribution in [0.4, 0.5) is 10.5 Å². The zero-order valence-electron chi connectivity index (χ0n) is 15.9. The topological polar surface area (TPSA) is 58.6 Å². The summed E-state index contributed by atoms with van der Waals surface area (Å²) in [6.07, 6.45) is 1.59. The second-order valence-electron chi connectivity index (χ2n) is 6.71. The molecule has 0 bridgehead atoms. The van der Waals surface area contributed by atoms with Crippen molar-refractivity contribution in [3.8, 4) is 5.75 Å². The highest BCUT2D eigenvalue weighted by Gasteiger charge is 2.35. The number of hydrogen-bond donors (Lipinski definition) is 1. The summed E-state index contributed by atoms with van der Waals surface area (Å²) < 4.78 is 6.76. The first kappa shape index (κ1) is 21.4. The smallest absolute Gasteiger partial charge is 0.333 e. The number of nitrogens with one attached hydrogen (secondary N) is 1. The van der Waals surface area contributed by atoms with Crippen molar-refractivity contribution in [2.45, 2.75) is 6.61 Å². The van der Waals surface area contributed by atoms with Crippen LogP contribution in [-0.4, -0.2) is 11.9 Å². The number of carbonyl (C=O) groups excluding carboxylic acids is 2. The molecule has 1 N–H and O–H groups in total. The molecule has 0 radical (unpaired) electrons. The van der Waals surface area contributed by atoms with E-state index < -0.39 is 11.9 Å². The Bertz CT molecular complexity index is 1200. The Morgan fingerprint density at radius 2 is 1.74 bits per heavy atom. The molecule has 156 valence electrons. The first-order valence-corrected chi connectivity index (χ1v) is 10.7. The number of halogens is 3. The Kier molecular flexibility index (Phi) is 6.32. The summed E-state index contributed by atoms with van der Waals surface area (Å²) in [6.45, 7) is 0.323. The van der Waals surface area contributed by atoms with Crippen molar-refractivity contribution >= 4 is 62.8 Å². The molecule has 1 saturated heterocycles. The molecule has 1 aliphatic rings. The normalized spacial score (nSPS) is 14.8. The molecule has 0 saturated carbocycles. The maximum absolute atomic E-state index is 12.9. The zero-order chi connectivity index (χ0) is 22.0. The molecule has 31 heavy (non-hydrogen) atoms. The molecule has 1 fully saturated rings. The average molecular weight is 518 g/mol. The first-order chi connectivity index (χ1) is 14.9. The first-order valence-electron chi connectivity index (χ1n) is 9.20. The fourth-order valence-electron chi connectivity index (χ4n) is 3.05. The minimum Gasteiger partial charge on any atom is -0.488 e. The Labute approximate surface area is 197 Å². The lowest BCUT2D eigenvalue weighted by Gasteiger charge is -2.12. The van der Waals surface area contributed by atoms with Gasteiger partial charge in [0.2, 0.25) is 0 Å². The molecule has 8 heteroatoms. The molecule has 5 nitrogen and oxygen atoms in total. The van der Waals surface area contributed by atoms with Crippen LogP contribution < -0.4 is 15.0 Å². The van der Waals surface area contributed by atoms with Gasteiger partial charge in [0.05, 0.1) is 5.69 Å². The molecular formula is C23H15BrCl2N2O3. The molecule has 0 aromatic heterocycles. The third-order valence-electron chi connectivity index (χ3n) is 4.52. The van der Waals surface area contributed by atoms with E-state index in [2.05, 4.69) is 21.2 Å². The van der Waals surface area contributed by atoms with Crippen LogP contribution in [0.3, 0.4) is 0 Å². The maximum atomic E-state index is 12.9. The largest absolute Gasteiger partial charge is 0.488 e. The molecule has 1 heterocycles. The highest BCUT2D eigenvalue weighted by atomic mass is 79.9. The van der Waals surface area contributed by atoms with Crippen LogP contribution in [0.1, 0.15) is 11.1 Å². The number of rotatable bonds is 5. The van der Waals surface area contributed by atoms with Gasteiger partial charge >= 0.3 is 6.03 Å². The van der Waals surface area contributed by atoms with Crippen molar-refractivity contribution in [1.29, 1.82) is 0 Å². The van der Waals surface area contributed by atoms with E-state index in [0.717, 1.165) is 14.9 Å². The number of amides is 3. The number of benzene rings is 3. The summed E-state index contributed by atoms with van der Waals surface area (Å²) in [5.74, 6) is 0.0878. The molecule has 4 rings (SSSR count). The van der Waals surface area contributed by atoms with Gasteiger partial charge in [-0.05, 0) is 60.2 Å². The van der Waals surface area contributed by atoms with Crippen molar-refractivity contribution in [3.63, 3.8) is 0 Å². The molecule has 0 spiro atoms. The predicted octanol–water partition coefficient (Wildman–Crippen LogP) is 6.43. The van der Waals surface area contributed by atoms with Crippen molar-refractivity contribution in [1.82, 2.24) is 5.32 Å². The highest BCUT2D eigenvalue weighted by Crippen LogP contribution is 2.29. The number of hydrogen-bond acceptors (Lipinski definition) is 3. The molecule has 3 aromatic carbocycles. The van der Waals surface area contributed by atoms with Crippen LogP contribution in [-0.2, 0) is 11.4 Å². The molecule has 1 aliphatic heterocycles. The fourth-order valence-corrected chi connectivity index (χ4v) is 3.73. The van der Waals surface area contributed by atoms with Gasteiger partial charge in [-0.15, -0.1) is 0 Å². The lowest BCUT2D eigenvalue weighted by atomic mass is 10.1. The van der Waals surface area contributed by atoms with Crippen molar-refractivity contribution in [2.24, 2.45) is 0 Å². The zero-order valence-corrected chi connectivity index (χ0v) is 19.0. The van der Waals surface area contributed by atoms with E-state index in [0.29, 0.717) is 33.7 Å². The Balaban J connectivity index is 1.60. The van der Waals surface area contributed by atoms with Gasteiger partial charge in [0.1, 0.15) is 18.1 Å². The molecule has 3 amide bonds. The van der Waals surface area contributed by atoms with E-state index >= 15 is 0 Å². The van der Waals surface area contributed by atoms with E-state index in [9.17, 15) is 9.59 Å². The standard InChI is InChI=1S/C23H15BrCl2N2O3/c24-16-6-9-21(31-13-14-4-7-17(25)8-5-14)15(10-16)11-20-22(29)28(23(30)27-20)19-3-1-2-18(26)12-19/h1-12H,13H2,(H,27,30)/b20-11+. The highest BCUT2D eigenvalue weighted by molar-refractivity contribution is 9.10. The van der Waals surface area contributed by atoms with Crippen molar-refractivity contribution < 1.29 is 14.3 Å². The Morgan fingerprint density at radius 1 is 0.968 bits per heavy atom. The van der Waals surface area contributed by atoms with Gasteiger partial charge in [0.25, 0.3) is 5.91 Å². The third kappa shape index (κ3) is 4.93. The van der Waals surface area contributed by atoms with E-state index in [-0.39, 0.29) is 5.70 Å². The lowest BCUT2D eigenvalue weighted by Crippen LogP contribution is -2.30. The second kappa shape index (κ2) is 9.14. The van der Waals surface area contributed by atoms with Gasteiger partial charge < -0.3 is 10.1 Å². The van der Waals surface area contributed by atoms with E-state index in [1.54, 1.807) is 48.5 Å². The number of anilines is 1. The predicted molar refractivity (Wildman–Crippen MR) is 125 cm³/mol. The summed E-state index contributed by atoms with van der Waals surface area (Å²) in [4.78, 5) is 26.4. The van der Waals surface area contributed by atoms with Crippen LogP contribution >= 0.6 is 39.1 Å². The number of imide groups is 1. The minimum absolute atomic E-state index is 0.138. The monoisotopic (exact) mass is 516 g/mol. The summed E-state index contributed by atoms with van der Waals surface area (Å²) in [5, 5.41) is 3.70. The Hall–Kier alpha value is -2.80. The van der Waals surface area contributed by atoms with Crippen LogP contribution in [0.2, 0.25) is 10.0 Å². The summed E-state index contributed by atoms with van der Waals surface area (Å²) >= 11 is 15.4. The molecule has 0 aliphatic carbocycles. The van der Waals surface area contributed by atoms with Gasteiger partial charge in [0.15, 0.2) is 0 Å². The molecule has 3 aromatic rings. The second-order valence-corrected chi connectivity index (χ2v) is 8.49. The van der Waals surface area contributed by atoms with Gasteiger partial charge in [0, 0.05) is 20.1 Å². The number of nitrogens with zero attached hydrogens (tertiary/aromatic N) is 1. The number of carbonyl (C=O) groups is 2. The summed E-state index contributed by atoms with van der Waals surface area (Å²) in [6, 6.07) is 18.8. The maximum Gasteiger partial charge on any atom is 0.333 e. The van der Waals surface area contributed by atoms with Crippen LogP contribution in [0.5, 0.6) is 5.75 Å². The summed E-state index contributed by atoms with van der Waals surface area (Å²) in [7, 11) is 0. The third-order valence-corrected chi connectivity index (χ3v) is 5.50. The number of ether oxygens (including phenoxy) is 1. The van der Waals surface area contributed by atoms with Crippen LogP contribution in [0.25, 0.3) is 6.08 Å². The van der Waals surface area contributed by atoms with Gasteiger partial charge in [-0.25, -0.2) is 9.69 Å². The quantitative estimate of drug-likeness (QED) is 0.313. The molecule has 0 unspecified atom stereocenters. The average Bonchev–Trinajstić information content (AvgIpc) is 3.01. The minimum atomic E-state index is -0.544. The Morgan fingerprint density at radius 3 is 2.48 bits per heavy atom. The molecule has 0 atom stereocenters.